The Balaban J connectivity index is 1.51. The number of halogens is 1. The number of alkyl carbamates (subject to hydrolysis) is 1. The number of nitrogens with one attached hydrogen (secondary N) is 1. The molecule has 0 spiro atoms. The van der Waals surface area contributed by atoms with Crippen LogP contribution in [0.3, 0.4) is 0 Å². The van der Waals surface area contributed by atoms with E-state index in [1.807, 2.05) is 11.8 Å². The summed E-state index contributed by atoms with van der Waals surface area (Å²) in [7, 11) is 0. The molecule has 2 aromatic heterocycles. The molecular formula is C23H27FN4O5. The number of ether oxygens (including phenoxy) is 1. The van der Waals surface area contributed by atoms with Crippen LogP contribution in [0, 0.1) is 11.7 Å². The van der Waals surface area contributed by atoms with Crippen LogP contribution in [0.5, 0.6) is 0 Å². The molecule has 9 nitrogen and oxygen atoms in total. The third-order valence-electron chi connectivity index (χ3n) is 6.90. The lowest BCUT2D eigenvalue weighted by molar-refractivity contribution is 0.0489. The fourth-order valence-corrected chi connectivity index (χ4v) is 5.01. The van der Waals surface area contributed by atoms with Crippen LogP contribution in [-0.2, 0) is 4.74 Å². The summed E-state index contributed by atoms with van der Waals surface area (Å²) >= 11 is 0. The molecule has 0 radical (unpaired) electrons. The molecule has 1 saturated heterocycles. The second-order valence-corrected chi connectivity index (χ2v) is 10.4. The predicted octanol–water partition coefficient (Wildman–Crippen LogP) is 3.06. The number of aromatic carboxylic acids is 1. The normalized spacial score (nSPS) is 26.3. The maximum absolute atomic E-state index is 15.2. The van der Waals surface area contributed by atoms with Gasteiger partial charge in [0.1, 0.15) is 16.8 Å². The van der Waals surface area contributed by atoms with Crippen LogP contribution in [0.15, 0.2) is 17.1 Å². The largest absolute Gasteiger partial charge is 0.477 e. The highest BCUT2D eigenvalue weighted by Crippen LogP contribution is 2.54. The summed E-state index contributed by atoms with van der Waals surface area (Å²) in [5.41, 5.74) is -1.99. The summed E-state index contributed by atoms with van der Waals surface area (Å²) in [5.74, 6) is -1.80. The van der Waals surface area contributed by atoms with Crippen molar-refractivity contribution in [3.8, 4) is 0 Å². The minimum Gasteiger partial charge on any atom is -0.477 e. The van der Waals surface area contributed by atoms with Crippen molar-refractivity contribution in [2.75, 3.05) is 11.4 Å². The molecular weight excluding hydrogens is 431 g/mol. The summed E-state index contributed by atoms with van der Waals surface area (Å²) in [6, 6.07) is 0.895. The van der Waals surface area contributed by atoms with Crippen molar-refractivity contribution in [3.63, 3.8) is 0 Å². The number of hydrogen-bond acceptors (Lipinski definition) is 6. The van der Waals surface area contributed by atoms with Crippen LogP contribution in [0.2, 0.25) is 0 Å². The Morgan fingerprint density at radius 3 is 2.64 bits per heavy atom. The smallest absolute Gasteiger partial charge is 0.408 e. The van der Waals surface area contributed by atoms with Crippen LogP contribution < -0.4 is 15.6 Å². The zero-order valence-electron chi connectivity index (χ0n) is 19.0. The van der Waals surface area contributed by atoms with Gasteiger partial charge in [-0.15, -0.1) is 0 Å². The van der Waals surface area contributed by atoms with Gasteiger partial charge in [-0.3, -0.25) is 4.79 Å². The van der Waals surface area contributed by atoms with Crippen molar-refractivity contribution in [2.24, 2.45) is 5.92 Å². The molecule has 2 aliphatic carbocycles. The number of anilines is 1. The van der Waals surface area contributed by atoms with Gasteiger partial charge in [-0.1, -0.05) is 0 Å². The van der Waals surface area contributed by atoms with Crippen LogP contribution in [0.25, 0.3) is 11.0 Å². The maximum atomic E-state index is 15.2. The molecule has 2 saturated carbocycles. The number of carboxylic acid groups (broad SMARTS) is 1. The highest BCUT2D eigenvalue weighted by Gasteiger charge is 2.66. The molecule has 2 N–H and O–H groups in total. The zero-order chi connectivity index (χ0) is 23.9. The lowest BCUT2D eigenvalue weighted by atomic mass is 10.1. The summed E-state index contributed by atoms with van der Waals surface area (Å²) < 4.78 is 22.3. The third-order valence-corrected chi connectivity index (χ3v) is 6.90. The molecule has 2 aromatic rings. The van der Waals surface area contributed by atoms with Crippen molar-refractivity contribution < 1.29 is 23.8 Å². The van der Waals surface area contributed by atoms with E-state index in [0.29, 0.717) is 6.54 Å². The summed E-state index contributed by atoms with van der Waals surface area (Å²) in [6.45, 7) is 7.80. The van der Waals surface area contributed by atoms with Gasteiger partial charge in [-0.2, -0.15) is 0 Å². The monoisotopic (exact) mass is 458 g/mol. The number of carboxylic acids is 1. The Bertz CT molecular complexity index is 1250. The minimum atomic E-state index is -1.34. The van der Waals surface area contributed by atoms with Crippen LogP contribution in [0.4, 0.5) is 15.0 Å². The topological polar surface area (TPSA) is 114 Å². The lowest BCUT2D eigenvalue weighted by Gasteiger charge is -2.31. The molecule has 5 rings (SSSR count). The van der Waals surface area contributed by atoms with Gasteiger partial charge < -0.3 is 24.6 Å². The van der Waals surface area contributed by atoms with Gasteiger partial charge in [-0.25, -0.2) is 19.0 Å². The van der Waals surface area contributed by atoms with Gasteiger partial charge in [0.05, 0.1) is 17.0 Å². The highest BCUT2D eigenvalue weighted by molar-refractivity contribution is 5.92. The number of piperidine rings is 1. The van der Waals surface area contributed by atoms with Crippen molar-refractivity contribution in [2.45, 2.75) is 70.2 Å². The summed E-state index contributed by atoms with van der Waals surface area (Å²) in [4.78, 5) is 43.0. The lowest BCUT2D eigenvalue weighted by Crippen LogP contribution is -2.50. The first-order chi connectivity index (χ1) is 15.4. The van der Waals surface area contributed by atoms with Gasteiger partial charge in [0.25, 0.3) is 0 Å². The third kappa shape index (κ3) is 3.52. The molecule has 176 valence electrons. The average Bonchev–Trinajstić information content (AvgIpc) is 3.60. The van der Waals surface area contributed by atoms with E-state index in [0.717, 1.165) is 25.3 Å². The number of aromatic nitrogens is 2. The summed E-state index contributed by atoms with van der Waals surface area (Å²) in [5, 5.41) is 12.4. The summed E-state index contributed by atoms with van der Waals surface area (Å²) in [6.07, 6.45) is 3.27. The fraction of sp³-hybridized carbons (Fsp3) is 0.565. The second-order valence-electron chi connectivity index (χ2n) is 10.4. The van der Waals surface area contributed by atoms with Crippen molar-refractivity contribution >= 4 is 28.9 Å². The molecule has 0 aromatic carbocycles. The Kier molecular flexibility index (Phi) is 4.54. The Hall–Kier alpha value is -3.17. The number of amides is 1. The number of pyridine rings is 2. The Labute approximate surface area is 189 Å². The minimum absolute atomic E-state index is 0.0401. The first-order valence-electron chi connectivity index (χ1n) is 11.2. The van der Waals surface area contributed by atoms with Gasteiger partial charge >= 0.3 is 12.1 Å². The van der Waals surface area contributed by atoms with E-state index < -0.39 is 34.4 Å². The zero-order valence-corrected chi connectivity index (χ0v) is 19.0. The molecule has 3 heterocycles. The van der Waals surface area contributed by atoms with Crippen molar-refractivity contribution in [1.29, 1.82) is 0 Å². The Morgan fingerprint density at radius 1 is 1.33 bits per heavy atom. The molecule has 10 heteroatoms. The number of nitrogens with zero attached hydrogens (tertiary/aromatic N) is 3. The first kappa shape index (κ1) is 21.7. The second kappa shape index (κ2) is 6.91. The molecule has 0 bridgehead atoms. The van der Waals surface area contributed by atoms with Crippen molar-refractivity contribution in [1.82, 2.24) is 14.9 Å². The van der Waals surface area contributed by atoms with Crippen LogP contribution >= 0.6 is 0 Å². The molecule has 1 amide bonds. The van der Waals surface area contributed by atoms with Gasteiger partial charge in [0, 0.05) is 24.7 Å². The molecule has 0 unspecified atom stereocenters. The molecule has 33 heavy (non-hydrogen) atoms. The standard InChI is InChI=1S/C23H27FN4O5/c1-11-23(26-21(32)33-22(2,3)4)8-12(23)9-27(11)19-16(24)7-14-17(29)15(20(30)31)10-28(13-5-6-13)18(14)25-19/h7,10-13H,5-6,8-9H2,1-4H3,(H,26,32)(H,30,31)/t11-,12-,23-/m1/s1. The molecule has 1 aliphatic heterocycles. The molecule has 3 fully saturated rings. The van der Waals surface area contributed by atoms with Crippen LogP contribution in [-0.4, -0.2) is 50.4 Å². The van der Waals surface area contributed by atoms with E-state index >= 15 is 4.39 Å². The number of carbonyl (C=O) groups excluding carboxylic acids is 1. The molecule has 3 atom stereocenters. The number of fused-ring (bicyclic) bond motifs is 2. The number of hydrogen-bond donors (Lipinski definition) is 2. The van der Waals surface area contributed by atoms with Crippen LogP contribution in [0.1, 0.15) is 63.4 Å². The van der Waals surface area contributed by atoms with E-state index in [1.165, 1.54) is 6.20 Å². The van der Waals surface area contributed by atoms with E-state index in [2.05, 4.69) is 10.3 Å². The maximum Gasteiger partial charge on any atom is 0.408 e. The van der Waals surface area contributed by atoms with E-state index in [-0.39, 0.29) is 40.4 Å². The van der Waals surface area contributed by atoms with E-state index in [1.54, 1.807) is 25.3 Å². The average molecular weight is 458 g/mol. The van der Waals surface area contributed by atoms with Gasteiger partial charge in [-0.05, 0) is 53.0 Å². The van der Waals surface area contributed by atoms with Gasteiger partial charge in [0.15, 0.2) is 11.6 Å². The number of rotatable bonds is 4. The highest BCUT2D eigenvalue weighted by atomic mass is 19.1. The van der Waals surface area contributed by atoms with Gasteiger partial charge in [0.2, 0.25) is 5.43 Å². The number of carbonyl (C=O) groups is 2. The van der Waals surface area contributed by atoms with E-state index in [4.69, 9.17) is 4.74 Å². The Morgan fingerprint density at radius 2 is 2.03 bits per heavy atom. The molecule has 3 aliphatic rings. The quantitative estimate of drug-likeness (QED) is 0.724. The van der Waals surface area contributed by atoms with Crippen molar-refractivity contribution in [3.05, 3.63) is 33.9 Å². The van der Waals surface area contributed by atoms with E-state index in [9.17, 15) is 19.5 Å². The predicted molar refractivity (Wildman–Crippen MR) is 118 cm³/mol. The SMILES string of the molecule is C[C@H]1N(c2nc3c(cc2F)c(=O)c(C(=O)O)cn3C2CC2)C[C@H]2C[C@]21NC(=O)OC(C)(C)C. The fourth-order valence-electron chi connectivity index (χ4n) is 5.01. The first-order valence-corrected chi connectivity index (χ1v) is 11.2.